The molecule has 0 radical (unpaired) electrons. The van der Waals surface area contributed by atoms with Crippen molar-refractivity contribution in [2.24, 2.45) is 10.1 Å². The topological polar surface area (TPSA) is 92.4 Å². The fourth-order valence-corrected chi connectivity index (χ4v) is 5.08. The number of carbonyl (C=O) groups is 2. The Kier molecular flexibility index (Phi) is 5.79. The van der Waals surface area contributed by atoms with E-state index in [1.807, 2.05) is 42.1 Å². The SMILES string of the molecule is CN(C)c1ccc(/C=C2\C(=N)N3N=C(CC(=O)N4CCCC4)SC3=NC2=O)cc1Br. The second kappa shape index (κ2) is 8.35. The molecule has 1 aromatic rings. The summed E-state index contributed by atoms with van der Waals surface area (Å²) < 4.78 is 0.887. The molecular formula is C20H21BrN6O2S. The van der Waals surface area contributed by atoms with Gasteiger partial charge in [0.25, 0.3) is 5.91 Å². The zero-order valence-electron chi connectivity index (χ0n) is 16.7. The molecule has 0 aromatic heterocycles. The highest BCUT2D eigenvalue weighted by atomic mass is 79.9. The smallest absolute Gasteiger partial charge is 0.283 e. The van der Waals surface area contributed by atoms with Crippen molar-refractivity contribution in [3.8, 4) is 0 Å². The number of amides is 2. The van der Waals surface area contributed by atoms with Crippen molar-refractivity contribution in [2.75, 3.05) is 32.1 Å². The van der Waals surface area contributed by atoms with Crippen molar-refractivity contribution in [1.29, 1.82) is 5.41 Å². The Hall–Kier alpha value is -2.46. The van der Waals surface area contributed by atoms with Crippen LogP contribution in [0.1, 0.15) is 24.8 Å². The molecule has 30 heavy (non-hydrogen) atoms. The number of likely N-dealkylation sites (tertiary alicyclic amines) is 1. The van der Waals surface area contributed by atoms with Crippen LogP contribution >= 0.6 is 27.7 Å². The van der Waals surface area contributed by atoms with Gasteiger partial charge in [0, 0.05) is 31.7 Å². The van der Waals surface area contributed by atoms with E-state index in [0.29, 0.717) is 10.2 Å². The lowest BCUT2D eigenvalue weighted by Gasteiger charge is -2.20. The molecule has 3 aliphatic rings. The third-order valence-corrected chi connectivity index (χ3v) is 6.57. The van der Waals surface area contributed by atoms with E-state index >= 15 is 0 Å². The van der Waals surface area contributed by atoms with Crippen LogP contribution in [0, 0.1) is 5.41 Å². The van der Waals surface area contributed by atoms with E-state index in [2.05, 4.69) is 26.0 Å². The Labute approximate surface area is 187 Å². The number of thioether (sulfide) groups is 1. The van der Waals surface area contributed by atoms with Gasteiger partial charge in [-0.2, -0.15) is 15.1 Å². The summed E-state index contributed by atoms with van der Waals surface area (Å²) >= 11 is 4.72. The number of hydrogen-bond donors (Lipinski definition) is 1. The number of amidine groups is 2. The Morgan fingerprint density at radius 1 is 1.33 bits per heavy atom. The van der Waals surface area contributed by atoms with Gasteiger partial charge < -0.3 is 9.80 Å². The van der Waals surface area contributed by atoms with Crippen molar-refractivity contribution in [1.82, 2.24) is 9.91 Å². The zero-order chi connectivity index (χ0) is 21.4. The number of nitrogens with one attached hydrogen (secondary N) is 1. The second-order valence-corrected chi connectivity index (χ2v) is 9.28. The maximum absolute atomic E-state index is 12.6. The summed E-state index contributed by atoms with van der Waals surface area (Å²) in [5.41, 5.74) is 1.95. The van der Waals surface area contributed by atoms with Crippen LogP contribution in [0.3, 0.4) is 0 Å². The molecule has 1 saturated heterocycles. The molecule has 0 spiro atoms. The summed E-state index contributed by atoms with van der Waals surface area (Å²) in [7, 11) is 3.90. The quantitative estimate of drug-likeness (QED) is 0.657. The van der Waals surface area contributed by atoms with Crippen LogP contribution in [0.25, 0.3) is 6.08 Å². The molecule has 4 rings (SSSR count). The minimum Gasteiger partial charge on any atom is -0.377 e. The molecule has 0 saturated carbocycles. The predicted octanol–water partition coefficient (Wildman–Crippen LogP) is 3.15. The number of hydrazone groups is 1. The second-order valence-electron chi connectivity index (χ2n) is 7.38. The van der Waals surface area contributed by atoms with Crippen LogP contribution in [-0.4, -0.2) is 65.0 Å². The van der Waals surface area contributed by atoms with Crippen LogP contribution in [0.5, 0.6) is 0 Å². The minimum absolute atomic E-state index is 0.0265. The number of benzene rings is 1. The van der Waals surface area contributed by atoms with Gasteiger partial charge in [-0.1, -0.05) is 6.07 Å². The first-order valence-electron chi connectivity index (χ1n) is 9.57. The van der Waals surface area contributed by atoms with Crippen LogP contribution < -0.4 is 4.90 Å². The van der Waals surface area contributed by atoms with Crippen LogP contribution in [0.2, 0.25) is 0 Å². The summed E-state index contributed by atoms with van der Waals surface area (Å²) in [6.07, 6.45) is 3.87. The van der Waals surface area contributed by atoms with E-state index in [1.54, 1.807) is 6.08 Å². The fourth-order valence-electron chi connectivity index (χ4n) is 3.45. The molecule has 10 heteroatoms. The molecule has 1 aromatic carbocycles. The lowest BCUT2D eigenvalue weighted by Crippen LogP contribution is -2.35. The highest BCUT2D eigenvalue weighted by molar-refractivity contribution is 9.10. The van der Waals surface area contributed by atoms with Gasteiger partial charge in [0.1, 0.15) is 5.04 Å². The van der Waals surface area contributed by atoms with Crippen LogP contribution in [0.4, 0.5) is 5.69 Å². The molecule has 0 unspecified atom stereocenters. The van der Waals surface area contributed by atoms with Crippen molar-refractivity contribution >= 4 is 67.3 Å². The molecule has 0 bridgehead atoms. The largest absolute Gasteiger partial charge is 0.377 e. The van der Waals surface area contributed by atoms with Gasteiger partial charge >= 0.3 is 0 Å². The van der Waals surface area contributed by atoms with E-state index in [0.717, 1.165) is 41.7 Å². The maximum atomic E-state index is 12.6. The average molecular weight is 489 g/mol. The van der Waals surface area contributed by atoms with Gasteiger partial charge in [0.2, 0.25) is 11.1 Å². The highest BCUT2D eigenvalue weighted by Crippen LogP contribution is 2.31. The summed E-state index contributed by atoms with van der Waals surface area (Å²) in [6.45, 7) is 1.57. The molecule has 2 amide bonds. The molecule has 3 heterocycles. The molecule has 0 atom stereocenters. The number of carbonyl (C=O) groups excluding carboxylic acids is 2. The minimum atomic E-state index is -0.478. The Balaban J connectivity index is 1.55. The summed E-state index contributed by atoms with van der Waals surface area (Å²) in [5, 5.41) is 15.1. The molecule has 1 N–H and O–H groups in total. The van der Waals surface area contributed by atoms with Gasteiger partial charge in [-0.25, -0.2) is 0 Å². The van der Waals surface area contributed by atoms with E-state index in [-0.39, 0.29) is 23.7 Å². The van der Waals surface area contributed by atoms with E-state index < -0.39 is 5.91 Å². The Morgan fingerprint density at radius 3 is 2.73 bits per heavy atom. The number of anilines is 1. The third kappa shape index (κ3) is 4.06. The predicted molar refractivity (Wildman–Crippen MR) is 124 cm³/mol. The van der Waals surface area contributed by atoms with Crippen molar-refractivity contribution < 1.29 is 9.59 Å². The van der Waals surface area contributed by atoms with Gasteiger partial charge in [-0.3, -0.25) is 15.0 Å². The highest BCUT2D eigenvalue weighted by Gasteiger charge is 2.36. The normalized spacial score (nSPS) is 19.9. The number of rotatable bonds is 4. The van der Waals surface area contributed by atoms with Crippen molar-refractivity contribution in [2.45, 2.75) is 19.3 Å². The van der Waals surface area contributed by atoms with Crippen LogP contribution in [-0.2, 0) is 9.59 Å². The van der Waals surface area contributed by atoms with Crippen molar-refractivity contribution in [3.05, 3.63) is 33.8 Å². The van der Waals surface area contributed by atoms with E-state index in [4.69, 9.17) is 5.41 Å². The van der Waals surface area contributed by atoms with Crippen molar-refractivity contribution in [3.63, 3.8) is 0 Å². The molecule has 3 aliphatic heterocycles. The summed E-state index contributed by atoms with van der Waals surface area (Å²) in [6, 6.07) is 5.72. The number of aliphatic imine (C=N–C) groups is 1. The standard InChI is InChI=1S/C20H21BrN6O2S/c1-25(2)15-6-5-12(10-14(15)21)9-13-18(22)27-20(23-19(13)29)30-16(24-27)11-17(28)26-7-3-4-8-26/h5-6,9-10,22H,3-4,7-8,11H2,1-2H3/b13-9+,22-18?. The first-order valence-corrected chi connectivity index (χ1v) is 11.2. The summed E-state index contributed by atoms with van der Waals surface area (Å²) in [5.74, 6) is -0.485. The average Bonchev–Trinajstić information content (AvgIpc) is 3.35. The van der Waals surface area contributed by atoms with Gasteiger partial charge in [-0.15, -0.1) is 0 Å². The fraction of sp³-hybridized carbons (Fsp3) is 0.350. The lowest BCUT2D eigenvalue weighted by molar-refractivity contribution is -0.128. The number of halogens is 1. The zero-order valence-corrected chi connectivity index (χ0v) is 19.1. The maximum Gasteiger partial charge on any atom is 0.283 e. The lowest BCUT2D eigenvalue weighted by atomic mass is 10.1. The third-order valence-electron chi connectivity index (χ3n) is 5.02. The Bertz CT molecular complexity index is 1030. The van der Waals surface area contributed by atoms with Gasteiger partial charge in [-0.05, 0) is 64.3 Å². The molecule has 0 aliphatic carbocycles. The monoisotopic (exact) mass is 488 g/mol. The van der Waals surface area contributed by atoms with Gasteiger partial charge in [0.15, 0.2) is 5.84 Å². The van der Waals surface area contributed by atoms with Crippen LogP contribution in [0.15, 0.2) is 38.3 Å². The van der Waals surface area contributed by atoms with E-state index in [9.17, 15) is 9.59 Å². The van der Waals surface area contributed by atoms with Gasteiger partial charge in [0.05, 0.1) is 17.7 Å². The molecule has 156 valence electrons. The number of nitrogens with zero attached hydrogens (tertiary/aromatic N) is 5. The summed E-state index contributed by atoms with van der Waals surface area (Å²) in [4.78, 5) is 32.9. The Morgan fingerprint density at radius 2 is 2.07 bits per heavy atom. The number of fused-ring (bicyclic) bond motifs is 1. The van der Waals surface area contributed by atoms with E-state index in [1.165, 1.54) is 16.8 Å². The first-order chi connectivity index (χ1) is 14.3. The molecule has 1 fully saturated rings. The first kappa shape index (κ1) is 20.8. The molecular weight excluding hydrogens is 468 g/mol. The number of hydrogen-bond acceptors (Lipinski definition) is 6. The molecule has 8 nitrogen and oxygen atoms in total.